The minimum atomic E-state index is -0.354. The first-order valence-corrected chi connectivity index (χ1v) is 10.3. The van der Waals surface area contributed by atoms with Crippen molar-refractivity contribution in [1.82, 2.24) is 19.2 Å². The van der Waals surface area contributed by atoms with Gasteiger partial charge in [-0.05, 0) is 43.9 Å². The van der Waals surface area contributed by atoms with E-state index >= 15 is 0 Å². The molecule has 7 nitrogen and oxygen atoms in total. The maximum Gasteiger partial charge on any atom is 0.347 e. The maximum atomic E-state index is 12.3. The van der Waals surface area contributed by atoms with Crippen molar-refractivity contribution >= 4 is 17.3 Å². The zero-order chi connectivity index (χ0) is 19.7. The fourth-order valence-electron chi connectivity index (χ4n) is 4.43. The van der Waals surface area contributed by atoms with Crippen molar-refractivity contribution in [3.05, 3.63) is 56.3 Å². The molecule has 2 aliphatic rings. The minimum absolute atomic E-state index is 0.0864. The van der Waals surface area contributed by atoms with E-state index in [1.54, 1.807) is 0 Å². The van der Waals surface area contributed by atoms with E-state index in [9.17, 15) is 9.59 Å². The monoisotopic (exact) mass is 403 g/mol. The average molecular weight is 404 g/mol. The van der Waals surface area contributed by atoms with Crippen LogP contribution in [0.25, 0.3) is 0 Å². The summed E-state index contributed by atoms with van der Waals surface area (Å²) < 4.78 is 2.63. The summed E-state index contributed by atoms with van der Waals surface area (Å²) >= 11 is 6.12. The Kier molecular flexibility index (Phi) is 5.55. The van der Waals surface area contributed by atoms with Crippen molar-refractivity contribution in [2.75, 3.05) is 31.1 Å². The number of rotatable bonds is 3. The van der Waals surface area contributed by atoms with E-state index in [1.807, 2.05) is 18.2 Å². The van der Waals surface area contributed by atoms with Gasteiger partial charge in [0.05, 0.1) is 6.04 Å². The van der Waals surface area contributed by atoms with Gasteiger partial charge in [0.25, 0.3) is 5.56 Å². The van der Waals surface area contributed by atoms with Gasteiger partial charge in [-0.3, -0.25) is 14.3 Å². The third kappa shape index (κ3) is 3.86. The molecule has 2 heterocycles. The topological polar surface area (TPSA) is 63.4 Å². The van der Waals surface area contributed by atoms with E-state index in [0.717, 1.165) is 61.5 Å². The van der Waals surface area contributed by atoms with Crippen LogP contribution >= 0.6 is 11.6 Å². The van der Waals surface area contributed by atoms with Gasteiger partial charge in [-0.1, -0.05) is 17.7 Å². The first kappa shape index (κ1) is 19.2. The van der Waals surface area contributed by atoms with Crippen LogP contribution in [0.4, 0.5) is 5.69 Å². The quantitative estimate of drug-likeness (QED) is 0.783. The Bertz CT molecular complexity index is 940. The van der Waals surface area contributed by atoms with Gasteiger partial charge < -0.3 is 4.90 Å². The maximum absolute atomic E-state index is 12.3. The van der Waals surface area contributed by atoms with Crippen molar-refractivity contribution in [3.63, 3.8) is 0 Å². The molecule has 2 fully saturated rings. The molecule has 1 aliphatic heterocycles. The molecule has 2 aromatic rings. The number of aromatic nitrogens is 3. The van der Waals surface area contributed by atoms with Crippen LogP contribution in [0.2, 0.25) is 5.02 Å². The summed E-state index contributed by atoms with van der Waals surface area (Å²) in [7, 11) is 1.51. The predicted molar refractivity (Wildman–Crippen MR) is 110 cm³/mol. The molecule has 0 bridgehead atoms. The van der Waals surface area contributed by atoms with Crippen LogP contribution < -0.4 is 16.1 Å². The van der Waals surface area contributed by atoms with E-state index in [4.69, 9.17) is 11.6 Å². The number of nitrogens with zero attached hydrogens (tertiary/aromatic N) is 5. The number of benzene rings is 1. The molecule has 1 saturated carbocycles. The number of piperazine rings is 1. The highest BCUT2D eigenvalue weighted by molar-refractivity contribution is 6.30. The third-order valence-electron chi connectivity index (χ3n) is 6.12. The first-order chi connectivity index (χ1) is 13.5. The highest BCUT2D eigenvalue weighted by Gasteiger charge is 2.30. The Morgan fingerprint density at radius 3 is 2.36 bits per heavy atom. The van der Waals surface area contributed by atoms with Crippen LogP contribution in [0.5, 0.6) is 0 Å². The largest absolute Gasteiger partial charge is 0.369 e. The van der Waals surface area contributed by atoms with Crippen LogP contribution in [0.15, 0.2) is 40.1 Å². The standard InChI is InChI=1S/C20H26ClN5O2/c1-23-19(27)14-22-26(20(23)28)17-7-5-16(6-8-17)24-9-11-25(12-10-24)18-4-2-3-15(21)13-18/h2-4,13-14,16-17H,5-12H2,1H3. The van der Waals surface area contributed by atoms with E-state index in [2.05, 4.69) is 21.0 Å². The third-order valence-corrected chi connectivity index (χ3v) is 6.36. The van der Waals surface area contributed by atoms with Gasteiger partial charge in [-0.2, -0.15) is 5.10 Å². The Labute approximate surface area is 169 Å². The molecule has 0 N–H and O–H groups in total. The van der Waals surface area contributed by atoms with Gasteiger partial charge in [0.1, 0.15) is 6.20 Å². The second kappa shape index (κ2) is 8.09. The van der Waals surface area contributed by atoms with Gasteiger partial charge in [-0.15, -0.1) is 0 Å². The average Bonchev–Trinajstić information content (AvgIpc) is 2.73. The second-order valence-electron chi connectivity index (χ2n) is 7.73. The lowest BCUT2D eigenvalue weighted by molar-refractivity contribution is 0.126. The predicted octanol–water partition coefficient (Wildman–Crippen LogP) is 1.90. The molecule has 8 heteroatoms. The number of halogens is 1. The highest BCUT2D eigenvalue weighted by atomic mass is 35.5. The van der Waals surface area contributed by atoms with Crippen molar-refractivity contribution < 1.29 is 0 Å². The lowest BCUT2D eigenvalue weighted by Crippen LogP contribution is -2.51. The lowest BCUT2D eigenvalue weighted by Gasteiger charge is -2.42. The Morgan fingerprint density at radius 2 is 1.68 bits per heavy atom. The van der Waals surface area contributed by atoms with Crippen molar-refractivity contribution in [2.24, 2.45) is 7.05 Å². The Hall–Kier alpha value is -2.12. The zero-order valence-corrected chi connectivity index (χ0v) is 16.9. The Morgan fingerprint density at radius 1 is 1.00 bits per heavy atom. The van der Waals surface area contributed by atoms with E-state index in [1.165, 1.54) is 23.6 Å². The van der Waals surface area contributed by atoms with Crippen LogP contribution in [0.1, 0.15) is 31.7 Å². The number of anilines is 1. The SMILES string of the molecule is Cn1c(=O)cnn(C2CCC(N3CCN(c4cccc(Cl)c4)CC3)CC2)c1=O. The van der Waals surface area contributed by atoms with Crippen LogP contribution in [-0.2, 0) is 7.05 Å². The fourth-order valence-corrected chi connectivity index (χ4v) is 4.62. The summed E-state index contributed by atoms with van der Waals surface area (Å²) in [4.78, 5) is 28.8. The van der Waals surface area contributed by atoms with Crippen molar-refractivity contribution in [1.29, 1.82) is 0 Å². The zero-order valence-electron chi connectivity index (χ0n) is 16.1. The van der Waals surface area contributed by atoms with Crippen molar-refractivity contribution in [3.8, 4) is 0 Å². The molecule has 0 unspecified atom stereocenters. The van der Waals surface area contributed by atoms with Gasteiger partial charge in [0.15, 0.2) is 0 Å². The summed E-state index contributed by atoms with van der Waals surface area (Å²) in [5, 5.41) is 4.87. The molecule has 4 rings (SSSR count). The molecular weight excluding hydrogens is 378 g/mol. The van der Waals surface area contributed by atoms with Crippen molar-refractivity contribution in [2.45, 2.75) is 37.8 Å². The minimum Gasteiger partial charge on any atom is -0.369 e. The van der Waals surface area contributed by atoms with E-state index in [0.29, 0.717) is 6.04 Å². The number of hydrogen-bond donors (Lipinski definition) is 0. The molecule has 28 heavy (non-hydrogen) atoms. The molecule has 150 valence electrons. The van der Waals surface area contributed by atoms with Crippen LogP contribution in [0.3, 0.4) is 0 Å². The van der Waals surface area contributed by atoms with Crippen LogP contribution in [0, 0.1) is 0 Å². The molecular formula is C20H26ClN5O2. The second-order valence-corrected chi connectivity index (χ2v) is 8.17. The molecule has 0 radical (unpaired) electrons. The summed E-state index contributed by atoms with van der Waals surface area (Å²) in [6.07, 6.45) is 5.19. The molecule has 1 aromatic carbocycles. The van der Waals surface area contributed by atoms with Gasteiger partial charge >= 0.3 is 5.69 Å². The smallest absolute Gasteiger partial charge is 0.347 e. The lowest BCUT2D eigenvalue weighted by atomic mass is 9.90. The molecule has 1 aliphatic carbocycles. The molecule has 0 amide bonds. The van der Waals surface area contributed by atoms with E-state index < -0.39 is 0 Å². The normalized spacial score (nSPS) is 23.7. The molecule has 0 atom stereocenters. The van der Waals surface area contributed by atoms with Gasteiger partial charge in [0.2, 0.25) is 0 Å². The summed E-state index contributed by atoms with van der Waals surface area (Å²) in [5.41, 5.74) is 0.523. The van der Waals surface area contributed by atoms with Gasteiger partial charge in [-0.25, -0.2) is 9.48 Å². The molecule has 1 aromatic heterocycles. The summed E-state index contributed by atoms with van der Waals surface area (Å²) in [6.45, 7) is 4.09. The van der Waals surface area contributed by atoms with Gasteiger partial charge in [0, 0.05) is 50.0 Å². The Balaban J connectivity index is 1.33. The summed E-state index contributed by atoms with van der Waals surface area (Å²) in [5.74, 6) is 0. The first-order valence-electron chi connectivity index (χ1n) is 9.92. The highest BCUT2D eigenvalue weighted by Crippen LogP contribution is 2.30. The van der Waals surface area contributed by atoms with Crippen LogP contribution in [-0.4, -0.2) is 51.5 Å². The summed E-state index contributed by atoms with van der Waals surface area (Å²) in [6, 6.07) is 8.69. The van der Waals surface area contributed by atoms with E-state index in [-0.39, 0.29) is 17.3 Å². The molecule has 0 spiro atoms. The number of hydrogen-bond acceptors (Lipinski definition) is 5. The fraction of sp³-hybridized carbons (Fsp3) is 0.550. The molecule has 1 saturated heterocycles.